The van der Waals surface area contributed by atoms with Gasteiger partial charge in [0.2, 0.25) is 0 Å². The number of benzene rings is 1. The fourth-order valence-corrected chi connectivity index (χ4v) is 0.994. The van der Waals surface area contributed by atoms with Crippen molar-refractivity contribution >= 4 is 5.78 Å². The Labute approximate surface area is 80.7 Å². The fraction of sp³-hybridized carbons (Fsp3) is 0.200. The minimum absolute atomic E-state index is 0.0704. The third-order valence-electron chi connectivity index (χ3n) is 1.69. The van der Waals surface area contributed by atoms with E-state index in [0.717, 1.165) is 6.07 Å². The number of hydrogen-bond donors (Lipinski definition) is 0. The molecule has 0 bridgehead atoms. The van der Waals surface area contributed by atoms with Crippen molar-refractivity contribution in [3.05, 3.63) is 35.1 Å². The quantitative estimate of drug-likeness (QED) is 0.684. The van der Waals surface area contributed by atoms with Crippen molar-refractivity contribution < 1.29 is 13.9 Å². The lowest BCUT2D eigenvalue weighted by Crippen LogP contribution is -2.07. The Balaban J connectivity index is 2.98. The lowest BCUT2D eigenvalue weighted by Gasteiger charge is -2.00. The fourth-order valence-electron chi connectivity index (χ4n) is 0.994. The van der Waals surface area contributed by atoms with Crippen LogP contribution in [-0.4, -0.2) is 19.5 Å². The van der Waals surface area contributed by atoms with Gasteiger partial charge in [-0.3, -0.25) is 4.79 Å². The van der Waals surface area contributed by atoms with Gasteiger partial charge in [-0.15, -0.1) is 0 Å². The molecule has 0 saturated heterocycles. The molecule has 0 aromatic heterocycles. The monoisotopic (exact) mass is 193 g/mol. The first kappa shape index (κ1) is 10.4. The van der Waals surface area contributed by atoms with E-state index in [-0.39, 0.29) is 23.5 Å². The molecule has 0 aliphatic rings. The molecule has 0 spiro atoms. The van der Waals surface area contributed by atoms with Crippen LogP contribution in [-0.2, 0) is 4.74 Å². The number of carbonyl (C=O) groups is 1. The molecule has 0 aliphatic heterocycles. The molecule has 3 nitrogen and oxygen atoms in total. The summed E-state index contributed by atoms with van der Waals surface area (Å²) in [5, 5.41) is 8.45. The van der Waals surface area contributed by atoms with Gasteiger partial charge in [0.05, 0.1) is 5.56 Å². The molecule has 0 N–H and O–H groups in total. The maximum Gasteiger partial charge on any atom is 0.188 e. The Bertz CT molecular complexity index is 396. The minimum Gasteiger partial charge on any atom is -0.377 e. The van der Waals surface area contributed by atoms with E-state index in [0.29, 0.717) is 0 Å². The summed E-state index contributed by atoms with van der Waals surface area (Å²) in [6, 6.07) is 5.40. The molecule has 1 aromatic rings. The Hall–Kier alpha value is -1.73. The number of carbonyl (C=O) groups excluding carboxylic acids is 1. The summed E-state index contributed by atoms with van der Waals surface area (Å²) in [5.41, 5.74) is 0.141. The summed E-state index contributed by atoms with van der Waals surface area (Å²) >= 11 is 0. The van der Waals surface area contributed by atoms with E-state index >= 15 is 0 Å². The molecule has 0 amide bonds. The zero-order valence-electron chi connectivity index (χ0n) is 7.58. The molecule has 1 rings (SSSR count). The number of nitrogens with zero attached hydrogens (tertiary/aromatic N) is 1. The number of ether oxygens (including phenoxy) is 1. The number of nitriles is 1. The largest absolute Gasteiger partial charge is 0.377 e. The van der Waals surface area contributed by atoms with E-state index in [4.69, 9.17) is 5.26 Å². The van der Waals surface area contributed by atoms with E-state index in [1.165, 1.54) is 19.2 Å². The van der Waals surface area contributed by atoms with Gasteiger partial charge < -0.3 is 4.74 Å². The van der Waals surface area contributed by atoms with Gasteiger partial charge in [-0.1, -0.05) is 0 Å². The van der Waals surface area contributed by atoms with Gasteiger partial charge in [0, 0.05) is 12.7 Å². The summed E-state index contributed by atoms with van der Waals surface area (Å²) < 4.78 is 17.7. The zero-order chi connectivity index (χ0) is 10.6. The molecular weight excluding hydrogens is 185 g/mol. The van der Waals surface area contributed by atoms with Crippen molar-refractivity contribution in [1.29, 1.82) is 5.26 Å². The van der Waals surface area contributed by atoms with Gasteiger partial charge in [0.1, 0.15) is 18.5 Å². The SMILES string of the molecule is COCC(=O)c1ccc(C#N)c(F)c1. The zero-order valence-corrected chi connectivity index (χ0v) is 7.58. The van der Waals surface area contributed by atoms with Gasteiger partial charge >= 0.3 is 0 Å². The van der Waals surface area contributed by atoms with Crippen LogP contribution >= 0.6 is 0 Å². The molecule has 0 aliphatic carbocycles. The van der Waals surface area contributed by atoms with Crippen LogP contribution in [0.5, 0.6) is 0 Å². The van der Waals surface area contributed by atoms with Crippen molar-refractivity contribution in [3.63, 3.8) is 0 Å². The van der Waals surface area contributed by atoms with Gasteiger partial charge in [-0.05, 0) is 18.2 Å². The second kappa shape index (κ2) is 4.49. The van der Waals surface area contributed by atoms with Crippen LogP contribution < -0.4 is 0 Å². The summed E-state index contributed by atoms with van der Waals surface area (Å²) in [6.07, 6.45) is 0. The predicted octanol–water partition coefficient (Wildman–Crippen LogP) is 1.53. The second-order valence-corrected chi connectivity index (χ2v) is 2.66. The Morgan fingerprint density at radius 2 is 2.36 bits per heavy atom. The van der Waals surface area contributed by atoms with Crippen molar-refractivity contribution in [2.24, 2.45) is 0 Å². The lowest BCUT2D eigenvalue weighted by atomic mass is 10.1. The molecule has 0 radical (unpaired) electrons. The number of methoxy groups -OCH3 is 1. The number of ketones is 1. The van der Waals surface area contributed by atoms with Crippen LogP contribution in [0.15, 0.2) is 18.2 Å². The molecule has 72 valence electrons. The summed E-state index contributed by atoms with van der Waals surface area (Å²) in [4.78, 5) is 11.2. The van der Waals surface area contributed by atoms with Crippen molar-refractivity contribution in [3.8, 4) is 6.07 Å². The van der Waals surface area contributed by atoms with E-state index < -0.39 is 5.82 Å². The average molecular weight is 193 g/mol. The smallest absolute Gasteiger partial charge is 0.188 e. The van der Waals surface area contributed by atoms with Crippen molar-refractivity contribution in [2.45, 2.75) is 0 Å². The maximum absolute atomic E-state index is 13.0. The number of hydrogen-bond acceptors (Lipinski definition) is 3. The molecule has 4 heteroatoms. The first-order valence-electron chi connectivity index (χ1n) is 3.91. The Kier molecular flexibility index (Phi) is 3.32. The Morgan fingerprint density at radius 1 is 1.64 bits per heavy atom. The van der Waals surface area contributed by atoms with Crippen LogP contribution in [0, 0.1) is 17.1 Å². The molecule has 0 fully saturated rings. The van der Waals surface area contributed by atoms with Crippen LogP contribution in [0.2, 0.25) is 0 Å². The molecule has 1 aromatic carbocycles. The topological polar surface area (TPSA) is 50.1 Å². The van der Waals surface area contributed by atoms with Gasteiger partial charge in [-0.25, -0.2) is 4.39 Å². The summed E-state index contributed by atoms with van der Waals surface area (Å²) in [6.45, 7) is -0.0919. The predicted molar refractivity (Wildman–Crippen MR) is 47.3 cm³/mol. The van der Waals surface area contributed by atoms with Crippen LogP contribution in [0.4, 0.5) is 4.39 Å². The third-order valence-corrected chi connectivity index (χ3v) is 1.69. The lowest BCUT2D eigenvalue weighted by molar-refractivity contribution is 0.0847. The van der Waals surface area contributed by atoms with Crippen LogP contribution in [0.25, 0.3) is 0 Å². The highest BCUT2D eigenvalue weighted by atomic mass is 19.1. The maximum atomic E-state index is 13.0. The molecule has 0 heterocycles. The summed E-state index contributed by atoms with van der Waals surface area (Å²) in [5.74, 6) is -0.995. The molecule has 0 saturated carbocycles. The molecular formula is C10H8FNO2. The number of Topliss-reactive ketones (excluding diaryl/α,β-unsaturated/α-hetero) is 1. The van der Waals surface area contributed by atoms with Crippen molar-refractivity contribution in [2.75, 3.05) is 13.7 Å². The minimum atomic E-state index is -0.686. The summed E-state index contributed by atoms with van der Waals surface area (Å²) in [7, 11) is 1.39. The highest BCUT2D eigenvalue weighted by Gasteiger charge is 2.08. The highest BCUT2D eigenvalue weighted by Crippen LogP contribution is 2.09. The molecule has 0 unspecified atom stereocenters. The van der Waals surface area contributed by atoms with E-state index in [9.17, 15) is 9.18 Å². The molecule has 14 heavy (non-hydrogen) atoms. The van der Waals surface area contributed by atoms with Crippen LogP contribution in [0.3, 0.4) is 0 Å². The first-order valence-corrected chi connectivity index (χ1v) is 3.91. The molecule has 0 atom stereocenters. The van der Waals surface area contributed by atoms with Crippen LogP contribution in [0.1, 0.15) is 15.9 Å². The van der Waals surface area contributed by atoms with Crippen molar-refractivity contribution in [1.82, 2.24) is 0 Å². The van der Waals surface area contributed by atoms with E-state index in [1.54, 1.807) is 6.07 Å². The van der Waals surface area contributed by atoms with E-state index in [1.807, 2.05) is 0 Å². The average Bonchev–Trinajstić information content (AvgIpc) is 2.18. The van der Waals surface area contributed by atoms with Gasteiger partial charge in [-0.2, -0.15) is 5.26 Å². The number of halogens is 1. The van der Waals surface area contributed by atoms with Gasteiger partial charge in [0.15, 0.2) is 5.78 Å². The normalized spacial score (nSPS) is 9.50. The highest BCUT2D eigenvalue weighted by molar-refractivity contribution is 5.97. The first-order chi connectivity index (χ1) is 6.69. The van der Waals surface area contributed by atoms with Gasteiger partial charge in [0.25, 0.3) is 0 Å². The number of rotatable bonds is 3. The second-order valence-electron chi connectivity index (χ2n) is 2.66. The standard InChI is InChI=1S/C10H8FNO2/c1-14-6-10(13)7-2-3-8(5-12)9(11)4-7/h2-4H,6H2,1H3. The third kappa shape index (κ3) is 2.15. The Morgan fingerprint density at radius 3 is 2.86 bits per heavy atom. The van der Waals surface area contributed by atoms with E-state index in [2.05, 4.69) is 4.74 Å².